The van der Waals surface area contributed by atoms with E-state index in [1.54, 1.807) is 27.6 Å². The molecule has 4 N–H and O–H groups in total. The highest BCUT2D eigenvalue weighted by molar-refractivity contribution is 8.00. The van der Waals surface area contributed by atoms with Crippen LogP contribution in [0.3, 0.4) is 0 Å². The fraction of sp³-hybridized carbons (Fsp3) is 0.600. The van der Waals surface area contributed by atoms with Gasteiger partial charge in [0.1, 0.15) is 5.01 Å². The Kier molecular flexibility index (Phi) is 7.84. The van der Waals surface area contributed by atoms with Crippen molar-refractivity contribution in [2.75, 3.05) is 12.8 Å². The molecule has 0 spiro atoms. The Hall–Kier alpha value is -1.65. The third-order valence-corrected chi connectivity index (χ3v) is 5.58. The number of amides is 1. The highest BCUT2D eigenvalue weighted by atomic mass is 32.2. The molecule has 2 heterocycles. The van der Waals surface area contributed by atoms with Crippen LogP contribution in [0.2, 0.25) is 0 Å². The quantitative estimate of drug-likeness (QED) is 0.683. The number of nitrogens with zero attached hydrogens (tertiary/aromatic N) is 3. The van der Waals surface area contributed by atoms with Crippen LogP contribution in [-0.4, -0.2) is 55.2 Å². The number of aliphatic carboxylic acids is 1. The molecular formula is C15H25N5O3S2. The summed E-state index contributed by atoms with van der Waals surface area (Å²) in [6.07, 6.45) is 4.53. The Bertz CT molecular complexity index is 690. The number of imidazole rings is 1. The molecule has 0 bridgehead atoms. The highest BCUT2D eigenvalue weighted by Gasteiger charge is 2.30. The summed E-state index contributed by atoms with van der Waals surface area (Å²) < 4.78 is 1.50. The molecule has 140 valence electrons. The van der Waals surface area contributed by atoms with E-state index in [-0.39, 0.29) is 10.7 Å². The van der Waals surface area contributed by atoms with Crippen LogP contribution >= 0.6 is 23.1 Å². The second-order valence-corrected chi connectivity index (χ2v) is 8.55. The molecule has 1 atom stereocenters. The zero-order valence-corrected chi connectivity index (χ0v) is 16.7. The molecule has 0 aliphatic rings. The molecule has 0 radical (unpaired) electrons. The van der Waals surface area contributed by atoms with Crippen LogP contribution in [-0.2, 0) is 16.0 Å². The fourth-order valence-corrected chi connectivity index (χ4v) is 2.94. The van der Waals surface area contributed by atoms with Crippen molar-refractivity contribution < 1.29 is 14.7 Å². The van der Waals surface area contributed by atoms with E-state index in [1.807, 2.05) is 33.2 Å². The molecule has 0 aliphatic heterocycles. The number of nitrogens with two attached hydrogens (primary N) is 1. The Morgan fingerprint density at radius 3 is 2.64 bits per heavy atom. The Morgan fingerprint density at radius 2 is 2.12 bits per heavy atom. The predicted molar refractivity (Wildman–Crippen MR) is 101 cm³/mol. The monoisotopic (exact) mass is 387 g/mol. The lowest BCUT2D eigenvalue weighted by atomic mass is 10.0. The van der Waals surface area contributed by atoms with Crippen LogP contribution in [0.1, 0.15) is 31.5 Å². The lowest BCUT2D eigenvalue weighted by molar-refractivity contribution is -0.134. The maximum atomic E-state index is 12.0. The van der Waals surface area contributed by atoms with Crippen LogP contribution in [0.4, 0.5) is 0 Å². The zero-order chi connectivity index (χ0) is 19.2. The number of carboxylic acid groups (broad SMARTS) is 1. The molecule has 1 amide bonds. The van der Waals surface area contributed by atoms with Gasteiger partial charge in [0.15, 0.2) is 0 Å². The van der Waals surface area contributed by atoms with E-state index < -0.39 is 12.0 Å². The normalized spacial score (nSPS) is 12.4. The van der Waals surface area contributed by atoms with E-state index in [0.29, 0.717) is 13.0 Å². The molecule has 8 nitrogen and oxygen atoms in total. The van der Waals surface area contributed by atoms with E-state index >= 15 is 0 Å². The lowest BCUT2D eigenvalue weighted by Gasteiger charge is -2.28. The van der Waals surface area contributed by atoms with Gasteiger partial charge in [0, 0.05) is 24.6 Å². The molecule has 0 saturated heterocycles. The average molecular weight is 388 g/mol. The number of hydrogen-bond acceptors (Lipinski definition) is 7. The first kappa shape index (κ1) is 21.4. The van der Waals surface area contributed by atoms with Gasteiger partial charge in [-0.1, -0.05) is 11.3 Å². The van der Waals surface area contributed by atoms with Gasteiger partial charge in [-0.15, -0.1) is 0 Å². The van der Waals surface area contributed by atoms with Gasteiger partial charge in [-0.25, -0.2) is 9.50 Å². The minimum absolute atomic E-state index is 0.121. The standard InChI is InChI=1S/C13H21N5OS2.C2H4O2/c1-8-17-18-7-9(16-12(18)21-8)5-6-15-11(19)10(14)13(2,3)20-4;1-2(3)4/h7,10H,5-6,14H2,1-4H3,(H,15,19);1H3,(H,3,4)/t10-;/m1./s1. The second kappa shape index (κ2) is 9.16. The van der Waals surface area contributed by atoms with E-state index in [1.165, 1.54) is 0 Å². The van der Waals surface area contributed by atoms with Gasteiger partial charge in [0.2, 0.25) is 10.9 Å². The van der Waals surface area contributed by atoms with Crippen molar-refractivity contribution >= 4 is 39.9 Å². The van der Waals surface area contributed by atoms with Crippen molar-refractivity contribution in [3.05, 3.63) is 16.9 Å². The summed E-state index contributed by atoms with van der Waals surface area (Å²) >= 11 is 3.15. The van der Waals surface area contributed by atoms with Gasteiger partial charge in [0.05, 0.1) is 17.9 Å². The Labute approximate surface area is 155 Å². The van der Waals surface area contributed by atoms with Crippen molar-refractivity contribution in [3.63, 3.8) is 0 Å². The third-order valence-electron chi connectivity index (χ3n) is 3.43. The Balaban J connectivity index is 0.000000705. The second-order valence-electron chi connectivity index (χ2n) is 5.93. The first-order valence-corrected chi connectivity index (χ1v) is 9.70. The van der Waals surface area contributed by atoms with Crippen LogP contribution < -0.4 is 11.1 Å². The van der Waals surface area contributed by atoms with Gasteiger partial charge in [0.25, 0.3) is 5.97 Å². The number of aryl methyl sites for hydroxylation is 1. The van der Waals surface area contributed by atoms with E-state index in [9.17, 15) is 4.79 Å². The molecule has 2 aromatic heterocycles. The minimum Gasteiger partial charge on any atom is -0.481 e. The van der Waals surface area contributed by atoms with Crippen molar-refractivity contribution in [3.8, 4) is 0 Å². The van der Waals surface area contributed by atoms with E-state index in [0.717, 1.165) is 22.6 Å². The van der Waals surface area contributed by atoms with Gasteiger partial charge in [-0.3, -0.25) is 9.59 Å². The van der Waals surface area contributed by atoms with Crippen LogP contribution in [0.5, 0.6) is 0 Å². The van der Waals surface area contributed by atoms with Crippen LogP contribution in [0.25, 0.3) is 4.96 Å². The largest absolute Gasteiger partial charge is 0.481 e. The smallest absolute Gasteiger partial charge is 0.300 e. The summed E-state index contributed by atoms with van der Waals surface area (Å²) in [6, 6.07) is -0.526. The Morgan fingerprint density at radius 1 is 1.52 bits per heavy atom. The molecule has 0 fully saturated rings. The van der Waals surface area contributed by atoms with Crippen molar-refractivity contribution in [1.82, 2.24) is 19.9 Å². The molecule has 2 aromatic rings. The topological polar surface area (TPSA) is 123 Å². The first-order chi connectivity index (χ1) is 11.6. The molecule has 10 heteroatoms. The van der Waals surface area contributed by atoms with E-state index in [4.69, 9.17) is 15.6 Å². The number of aromatic nitrogens is 3. The summed E-state index contributed by atoms with van der Waals surface area (Å²) in [5, 5.41) is 15.6. The minimum atomic E-state index is -0.833. The third kappa shape index (κ3) is 6.63. The molecule has 25 heavy (non-hydrogen) atoms. The fourth-order valence-electron chi connectivity index (χ4n) is 1.83. The van der Waals surface area contributed by atoms with Gasteiger partial charge in [-0.05, 0) is 27.0 Å². The lowest BCUT2D eigenvalue weighted by Crippen LogP contribution is -2.52. The van der Waals surface area contributed by atoms with Crippen molar-refractivity contribution in [2.45, 2.75) is 44.9 Å². The average Bonchev–Trinajstić information content (AvgIpc) is 3.02. The van der Waals surface area contributed by atoms with Gasteiger partial charge >= 0.3 is 0 Å². The number of hydrogen-bond donors (Lipinski definition) is 3. The molecule has 0 saturated carbocycles. The summed E-state index contributed by atoms with van der Waals surface area (Å²) in [5.74, 6) is -0.954. The number of nitrogens with one attached hydrogen (secondary N) is 1. The number of thioether (sulfide) groups is 1. The highest BCUT2D eigenvalue weighted by Crippen LogP contribution is 2.24. The molecule has 2 rings (SSSR count). The van der Waals surface area contributed by atoms with Crippen LogP contribution in [0.15, 0.2) is 6.20 Å². The summed E-state index contributed by atoms with van der Waals surface area (Å²) in [5.41, 5.74) is 6.91. The first-order valence-electron chi connectivity index (χ1n) is 7.66. The molecular weight excluding hydrogens is 362 g/mol. The number of carboxylic acids is 1. The van der Waals surface area contributed by atoms with Crippen LogP contribution in [0, 0.1) is 6.92 Å². The van der Waals surface area contributed by atoms with E-state index in [2.05, 4.69) is 15.4 Å². The van der Waals surface area contributed by atoms with Gasteiger partial charge < -0.3 is 16.2 Å². The zero-order valence-electron chi connectivity index (χ0n) is 15.1. The summed E-state index contributed by atoms with van der Waals surface area (Å²) in [4.78, 5) is 26.4. The number of rotatable bonds is 6. The molecule has 0 unspecified atom stereocenters. The van der Waals surface area contributed by atoms with Crippen molar-refractivity contribution in [2.24, 2.45) is 5.73 Å². The number of carbonyl (C=O) groups is 2. The van der Waals surface area contributed by atoms with Gasteiger partial charge in [-0.2, -0.15) is 16.9 Å². The molecule has 0 aliphatic carbocycles. The van der Waals surface area contributed by atoms with Crippen molar-refractivity contribution in [1.29, 1.82) is 0 Å². The maximum Gasteiger partial charge on any atom is 0.300 e. The number of fused-ring (bicyclic) bond motifs is 1. The molecule has 0 aromatic carbocycles. The maximum absolute atomic E-state index is 12.0. The SMILES string of the molecule is CC(=O)O.CSC(C)(C)[C@H](N)C(=O)NCCc1cn2nc(C)sc2n1. The number of carbonyl (C=O) groups excluding carboxylic acids is 1. The summed E-state index contributed by atoms with van der Waals surface area (Å²) in [7, 11) is 0. The predicted octanol–water partition coefficient (Wildman–Crippen LogP) is 1.32. The summed E-state index contributed by atoms with van der Waals surface area (Å²) in [6.45, 7) is 7.51.